The largest absolute Gasteiger partial charge is 0.508 e. The Labute approximate surface area is 284 Å². The van der Waals surface area contributed by atoms with E-state index < -0.39 is 12.0 Å². The minimum atomic E-state index is -0.943. The molecule has 10 heteroatoms. The minimum absolute atomic E-state index is 0.112. The number of Topliss-reactive ketones (excluding diaryl/α,β-unsaturated/α-hetero) is 1. The van der Waals surface area contributed by atoms with Crippen LogP contribution in [0.3, 0.4) is 0 Å². The summed E-state index contributed by atoms with van der Waals surface area (Å²) in [6, 6.07) is 17.6. The molecule has 6 rings (SSSR count). The number of aromatic hydroxyl groups is 4. The van der Waals surface area contributed by atoms with Crippen LogP contribution >= 0.6 is 0 Å². The van der Waals surface area contributed by atoms with Crippen LogP contribution in [0.25, 0.3) is 10.8 Å². The van der Waals surface area contributed by atoms with Gasteiger partial charge in [-0.25, -0.2) is 0 Å². The van der Waals surface area contributed by atoms with Crippen LogP contribution in [-0.2, 0) is 24.1 Å². The number of rotatable bonds is 13. The van der Waals surface area contributed by atoms with Crippen molar-refractivity contribution in [2.45, 2.75) is 51.0 Å². The predicted octanol–water partition coefficient (Wildman–Crippen LogP) is 5.98. The second kappa shape index (κ2) is 14.8. The zero-order chi connectivity index (χ0) is 34.5. The van der Waals surface area contributed by atoms with E-state index in [1.165, 1.54) is 13.2 Å². The Morgan fingerprint density at radius 3 is 2.63 bits per heavy atom. The minimum Gasteiger partial charge on any atom is -0.508 e. The van der Waals surface area contributed by atoms with E-state index >= 15 is 0 Å². The van der Waals surface area contributed by atoms with Crippen molar-refractivity contribution in [1.29, 1.82) is 0 Å². The molecule has 0 bridgehead atoms. The Balaban J connectivity index is 1.19. The number of phenols is 4. The second-order valence-corrected chi connectivity index (χ2v) is 12.6. The lowest BCUT2D eigenvalue weighted by molar-refractivity contribution is -0.126. The van der Waals surface area contributed by atoms with E-state index in [1.807, 2.05) is 42.5 Å². The van der Waals surface area contributed by atoms with Crippen LogP contribution in [0, 0.1) is 5.92 Å². The van der Waals surface area contributed by atoms with Gasteiger partial charge in [-0.1, -0.05) is 24.3 Å². The number of methoxy groups -OCH3 is 1. The Kier molecular flexibility index (Phi) is 10.1. The first kappa shape index (κ1) is 33.5. The van der Waals surface area contributed by atoms with Crippen LogP contribution in [0.15, 0.2) is 84.2 Å². The van der Waals surface area contributed by atoms with Crippen molar-refractivity contribution in [2.75, 3.05) is 25.6 Å². The summed E-state index contributed by atoms with van der Waals surface area (Å²) in [5.41, 5.74) is 4.33. The van der Waals surface area contributed by atoms with Gasteiger partial charge in [0.15, 0.2) is 23.0 Å². The summed E-state index contributed by atoms with van der Waals surface area (Å²) in [5.74, 6) is 0.215. The molecule has 0 saturated heterocycles. The van der Waals surface area contributed by atoms with E-state index in [1.54, 1.807) is 24.3 Å². The van der Waals surface area contributed by atoms with Gasteiger partial charge in [0.25, 0.3) is 0 Å². The van der Waals surface area contributed by atoms with Gasteiger partial charge in [0, 0.05) is 30.1 Å². The number of allylic oxidation sites excluding steroid dienone is 2. The first-order valence-corrected chi connectivity index (χ1v) is 16.6. The molecule has 4 aromatic rings. The normalized spacial score (nSPS) is 15.2. The van der Waals surface area contributed by atoms with Gasteiger partial charge in [-0.05, 0) is 115 Å². The van der Waals surface area contributed by atoms with Crippen LogP contribution < -0.4 is 20.1 Å². The molecule has 0 radical (unpaired) electrons. The molecule has 0 fully saturated rings. The van der Waals surface area contributed by atoms with Crippen LogP contribution in [0.2, 0.25) is 0 Å². The lowest BCUT2D eigenvalue weighted by Gasteiger charge is -2.26. The molecular formula is C39H42N2O8. The van der Waals surface area contributed by atoms with Crippen LogP contribution in [-0.4, -0.2) is 57.7 Å². The Hall–Kier alpha value is -5.35. The lowest BCUT2D eigenvalue weighted by Crippen LogP contribution is -2.31. The molecule has 0 saturated carbocycles. The van der Waals surface area contributed by atoms with Crippen molar-refractivity contribution in [1.82, 2.24) is 5.32 Å². The maximum Gasteiger partial charge on any atom is 0.200 e. The van der Waals surface area contributed by atoms with Crippen molar-refractivity contribution in [3.63, 3.8) is 0 Å². The molecule has 0 spiro atoms. The van der Waals surface area contributed by atoms with Crippen molar-refractivity contribution in [3.8, 4) is 34.5 Å². The highest BCUT2D eigenvalue weighted by molar-refractivity contribution is 5.87. The summed E-state index contributed by atoms with van der Waals surface area (Å²) < 4.78 is 10.9. The fourth-order valence-electron chi connectivity index (χ4n) is 6.65. The van der Waals surface area contributed by atoms with E-state index in [0.717, 1.165) is 51.8 Å². The number of dihydropyridines is 1. The number of ketones is 1. The molecule has 4 aromatic carbocycles. The summed E-state index contributed by atoms with van der Waals surface area (Å²) in [6.07, 6.45) is 6.23. The van der Waals surface area contributed by atoms with Gasteiger partial charge in [0.05, 0.1) is 19.8 Å². The number of benzene rings is 4. The topological polar surface area (TPSA) is 161 Å². The van der Waals surface area contributed by atoms with Gasteiger partial charge in [0.2, 0.25) is 5.75 Å². The van der Waals surface area contributed by atoms with Gasteiger partial charge in [-0.3, -0.25) is 4.79 Å². The number of phenolic OH excluding ortho intramolecular Hbond substituents is 4. The molecule has 0 amide bonds. The Morgan fingerprint density at radius 2 is 1.80 bits per heavy atom. The van der Waals surface area contributed by atoms with Crippen molar-refractivity contribution >= 4 is 22.2 Å². The third-order valence-corrected chi connectivity index (χ3v) is 9.28. The third-order valence-electron chi connectivity index (χ3n) is 9.28. The number of aryl methyl sites for hydroxylation is 2. The van der Waals surface area contributed by atoms with E-state index in [2.05, 4.69) is 10.6 Å². The molecule has 2 aliphatic rings. The molecule has 7 N–H and O–H groups in total. The number of ether oxygens (including phenoxy) is 2. The summed E-state index contributed by atoms with van der Waals surface area (Å²) in [7, 11) is 1.39. The quantitative estimate of drug-likeness (QED) is 0.0846. The number of anilines is 1. The van der Waals surface area contributed by atoms with Gasteiger partial charge in [-0.15, -0.1) is 0 Å². The van der Waals surface area contributed by atoms with E-state index in [9.17, 15) is 30.3 Å². The van der Waals surface area contributed by atoms with Gasteiger partial charge in [-0.2, -0.15) is 0 Å². The number of fused-ring (bicyclic) bond motifs is 2. The average molecular weight is 667 g/mol. The smallest absolute Gasteiger partial charge is 0.200 e. The van der Waals surface area contributed by atoms with Crippen molar-refractivity contribution < 1.29 is 39.8 Å². The average Bonchev–Trinajstić information content (AvgIpc) is 3.11. The predicted molar refractivity (Wildman–Crippen MR) is 187 cm³/mol. The highest BCUT2D eigenvalue weighted by atomic mass is 16.5. The first-order chi connectivity index (χ1) is 23.7. The number of aliphatic hydroxyl groups is 1. The number of nitrogens with one attached hydrogen (secondary N) is 2. The molecule has 0 aliphatic carbocycles. The Bertz CT molecular complexity index is 1920. The number of carbonyl (C=O) groups is 1. The van der Waals surface area contributed by atoms with Crippen molar-refractivity contribution in [3.05, 3.63) is 101 Å². The molecule has 10 nitrogen and oxygen atoms in total. The van der Waals surface area contributed by atoms with Gasteiger partial charge >= 0.3 is 0 Å². The van der Waals surface area contributed by atoms with Crippen LogP contribution in [0.1, 0.15) is 42.4 Å². The monoisotopic (exact) mass is 666 g/mol. The van der Waals surface area contributed by atoms with Crippen LogP contribution in [0.5, 0.6) is 34.5 Å². The van der Waals surface area contributed by atoms with Crippen LogP contribution in [0.4, 0.5) is 5.69 Å². The summed E-state index contributed by atoms with van der Waals surface area (Å²) >= 11 is 0. The number of carbonyl (C=O) groups excluding carboxylic acids is 1. The van der Waals surface area contributed by atoms with E-state index in [-0.39, 0.29) is 47.4 Å². The fourth-order valence-corrected chi connectivity index (χ4v) is 6.65. The summed E-state index contributed by atoms with van der Waals surface area (Å²) in [5, 5.41) is 60.5. The molecule has 2 heterocycles. The number of hydrogen-bond donors (Lipinski definition) is 7. The molecule has 2 aliphatic heterocycles. The first-order valence-electron chi connectivity index (χ1n) is 16.6. The third kappa shape index (κ3) is 7.87. The van der Waals surface area contributed by atoms with E-state index in [0.29, 0.717) is 43.7 Å². The molecule has 0 aromatic heterocycles. The van der Waals surface area contributed by atoms with Crippen molar-refractivity contribution in [2.24, 2.45) is 5.92 Å². The highest BCUT2D eigenvalue weighted by Gasteiger charge is 2.29. The summed E-state index contributed by atoms with van der Waals surface area (Å²) in [6.45, 7) is 1.09. The number of aliphatic hydroxyl groups excluding tert-OH is 1. The van der Waals surface area contributed by atoms with Gasteiger partial charge < -0.3 is 45.6 Å². The maximum absolute atomic E-state index is 13.9. The molecule has 2 atom stereocenters. The summed E-state index contributed by atoms with van der Waals surface area (Å²) in [4.78, 5) is 13.9. The molecule has 49 heavy (non-hydrogen) atoms. The SMILES string of the molecule is COc1cc(CCC(=O)C(CC2=CCNC(Nc3ccc4cc(O)ccc4c3)=C2)C(O)CCc2ccc(O)c3c2CCCO3)cc(O)c1O. The Morgan fingerprint density at radius 1 is 0.980 bits per heavy atom. The molecular weight excluding hydrogens is 624 g/mol. The standard InChI is InChI=1S/C39H42N2O8/c1-48-36-19-23(18-35(46)38(36)47)4-11-32(43)31(33(44)12-7-25-8-13-34(45)39-30(25)3-2-16-49-39)17-24-14-15-40-37(20-24)41-28-9-5-27-22-29(42)10-6-26(27)21-28/h5-6,8-10,13-14,18-22,31,33,40-42,44-47H,2-4,7,11-12,15-17H2,1H3. The fraction of sp³-hybridized carbons (Fsp3) is 0.308. The molecule has 256 valence electrons. The maximum atomic E-state index is 13.9. The highest BCUT2D eigenvalue weighted by Crippen LogP contribution is 2.38. The molecule has 2 unspecified atom stereocenters. The zero-order valence-electron chi connectivity index (χ0n) is 27.4. The van der Waals surface area contributed by atoms with Gasteiger partial charge in [0.1, 0.15) is 17.4 Å². The van der Waals surface area contributed by atoms with E-state index in [4.69, 9.17) is 9.47 Å². The lowest BCUT2D eigenvalue weighted by atomic mass is 9.84. The zero-order valence-corrected chi connectivity index (χ0v) is 27.4. The number of hydrogen-bond acceptors (Lipinski definition) is 10. The second-order valence-electron chi connectivity index (χ2n) is 12.6.